The van der Waals surface area contributed by atoms with Gasteiger partial charge in [0, 0.05) is 53.6 Å². The highest BCUT2D eigenvalue weighted by atomic mass is 28.4. The highest BCUT2D eigenvalue weighted by Gasteiger charge is 2.37. The van der Waals surface area contributed by atoms with Gasteiger partial charge in [0.05, 0.1) is 0 Å². The normalized spacial score (nSPS) is 11.7. The molecule has 0 aliphatic heterocycles. The zero-order chi connectivity index (χ0) is 21.7. The summed E-state index contributed by atoms with van der Waals surface area (Å²) < 4.78 is 16.7. The van der Waals surface area contributed by atoms with Crippen LogP contribution < -0.4 is 5.32 Å². The molecule has 1 N–H and O–H groups in total. The van der Waals surface area contributed by atoms with Gasteiger partial charge in [-0.15, -0.1) is 0 Å². The fourth-order valence-electron chi connectivity index (χ4n) is 3.43. The molecular weight excluding hydrogens is 392 g/mol. The minimum absolute atomic E-state index is 0.805. The smallest absolute Gasteiger partial charge is 0.377 e. The number of nitrogens with zero attached hydrogens (tertiary/aromatic N) is 1. The Kier molecular flexibility index (Phi) is 11.0. The van der Waals surface area contributed by atoms with E-state index >= 15 is 0 Å². The van der Waals surface area contributed by atoms with E-state index in [2.05, 4.69) is 65.3 Å². The molecule has 0 bridgehead atoms. The van der Waals surface area contributed by atoms with Gasteiger partial charge in [0.25, 0.3) is 0 Å². The molecule has 0 aliphatic rings. The summed E-state index contributed by atoms with van der Waals surface area (Å²) in [5.41, 5.74) is 3.75. The molecule has 0 spiro atoms. The maximum absolute atomic E-state index is 5.56. The molecule has 6 heteroatoms. The Hall–Kier alpha value is -1.80. The number of benzene rings is 2. The second-order valence-corrected chi connectivity index (χ2v) is 10.4. The lowest BCUT2D eigenvalue weighted by atomic mass is 10.1. The van der Waals surface area contributed by atoms with E-state index in [0.717, 1.165) is 50.8 Å². The summed E-state index contributed by atoms with van der Waals surface area (Å²) in [7, 11) is 2.49. The predicted octanol–water partition coefficient (Wildman–Crippen LogP) is 4.19. The van der Waals surface area contributed by atoms with Crippen molar-refractivity contribution >= 4 is 14.9 Å². The molecule has 2 rings (SSSR count). The van der Waals surface area contributed by atoms with Crippen LogP contribution in [0.2, 0.25) is 6.04 Å². The molecule has 0 heterocycles. The lowest BCUT2D eigenvalue weighted by Crippen LogP contribution is -2.43. The van der Waals surface area contributed by atoms with E-state index in [-0.39, 0.29) is 0 Å². The minimum Gasteiger partial charge on any atom is -0.377 e. The topological polar surface area (TPSA) is 43.0 Å². The highest BCUT2D eigenvalue weighted by molar-refractivity contribution is 6.60. The van der Waals surface area contributed by atoms with Gasteiger partial charge in [-0.1, -0.05) is 67.3 Å². The molecule has 0 unspecified atom stereocenters. The van der Waals surface area contributed by atoms with E-state index in [1.165, 1.54) is 11.1 Å². The van der Waals surface area contributed by atoms with Gasteiger partial charge >= 0.3 is 8.80 Å². The summed E-state index contributed by atoms with van der Waals surface area (Å²) in [6.07, 6.45) is 2.84. The van der Waals surface area contributed by atoms with Crippen LogP contribution in [0.3, 0.4) is 0 Å². The number of rotatable bonds is 15. The second kappa shape index (κ2) is 13.5. The van der Waals surface area contributed by atoms with Crippen LogP contribution in [-0.2, 0) is 26.4 Å². The molecule has 0 atom stereocenters. The third-order valence-corrected chi connectivity index (χ3v) is 8.12. The van der Waals surface area contributed by atoms with Crippen molar-refractivity contribution in [2.45, 2.75) is 25.6 Å². The first kappa shape index (κ1) is 24.5. The first-order chi connectivity index (χ1) is 14.6. The highest BCUT2D eigenvalue weighted by Crippen LogP contribution is 2.16. The Morgan fingerprint density at radius 2 is 1.57 bits per heavy atom. The van der Waals surface area contributed by atoms with E-state index in [1.807, 2.05) is 12.1 Å². The molecule has 0 radical (unpaired) electrons. The Labute approximate surface area is 183 Å². The third kappa shape index (κ3) is 8.14. The lowest BCUT2D eigenvalue weighted by Gasteiger charge is -2.27. The number of hydrogen-bond acceptors (Lipinski definition) is 5. The van der Waals surface area contributed by atoms with Crippen molar-refractivity contribution in [2.75, 3.05) is 41.0 Å². The average Bonchev–Trinajstić information content (AvgIpc) is 2.81. The second-order valence-electron chi connectivity index (χ2n) is 7.28. The maximum Gasteiger partial charge on any atom is 0.500 e. The van der Waals surface area contributed by atoms with Crippen LogP contribution in [0.4, 0.5) is 0 Å². The molecule has 5 nitrogen and oxygen atoms in total. The van der Waals surface area contributed by atoms with Crippen LogP contribution in [0.5, 0.6) is 0 Å². The molecule has 164 valence electrons. The Bertz CT molecular complexity index is 713. The summed E-state index contributed by atoms with van der Waals surface area (Å²) in [6.45, 7) is 8.49. The van der Waals surface area contributed by atoms with Crippen LogP contribution in [0.1, 0.15) is 23.1 Å². The fourth-order valence-corrected chi connectivity index (χ4v) is 5.13. The van der Waals surface area contributed by atoms with Gasteiger partial charge in [0.2, 0.25) is 0 Å². The van der Waals surface area contributed by atoms with Crippen molar-refractivity contribution in [2.24, 2.45) is 0 Å². The van der Waals surface area contributed by atoms with E-state index in [1.54, 1.807) is 21.3 Å². The van der Waals surface area contributed by atoms with Crippen molar-refractivity contribution in [1.29, 1.82) is 0 Å². The minimum atomic E-state index is -2.52. The van der Waals surface area contributed by atoms with Crippen LogP contribution >= 0.6 is 0 Å². The summed E-state index contributed by atoms with van der Waals surface area (Å²) in [5.74, 6) is 0. The van der Waals surface area contributed by atoms with Gasteiger partial charge in [0.1, 0.15) is 0 Å². The molecule has 0 amide bonds. The van der Waals surface area contributed by atoms with Crippen LogP contribution in [0.15, 0.2) is 61.2 Å². The van der Waals surface area contributed by atoms with Gasteiger partial charge in [-0.05, 0) is 29.7 Å². The zero-order valence-corrected chi connectivity index (χ0v) is 19.6. The van der Waals surface area contributed by atoms with Crippen LogP contribution in [0, 0.1) is 0 Å². The number of nitrogens with one attached hydrogen (secondary N) is 1. The van der Waals surface area contributed by atoms with Crippen molar-refractivity contribution in [3.05, 3.63) is 77.9 Å². The van der Waals surface area contributed by atoms with E-state index < -0.39 is 8.80 Å². The Morgan fingerprint density at radius 3 is 2.17 bits per heavy atom. The van der Waals surface area contributed by atoms with Gasteiger partial charge in [-0.25, -0.2) is 0 Å². The molecular formula is C24H36N2O3Si. The van der Waals surface area contributed by atoms with E-state index in [0.29, 0.717) is 0 Å². The summed E-state index contributed by atoms with van der Waals surface area (Å²) >= 11 is 0. The SMILES string of the molecule is C=Cc1ccc(CN(CCC[Si](OC)(OC)OC)CCNCc2ccccc2)cc1. The summed E-state index contributed by atoms with van der Waals surface area (Å²) in [6, 6.07) is 19.9. The number of hydrogen-bond donors (Lipinski definition) is 1. The maximum atomic E-state index is 5.56. The Balaban J connectivity index is 1.89. The first-order valence-corrected chi connectivity index (χ1v) is 12.4. The van der Waals surface area contributed by atoms with Crippen LogP contribution in [0.25, 0.3) is 6.08 Å². The third-order valence-electron chi connectivity index (χ3n) is 5.29. The van der Waals surface area contributed by atoms with Crippen molar-refractivity contribution in [1.82, 2.24) is 10.2 Å². The summed E-state index contributed by atoms with van der Waals surface area (Å²) in [4.78, 5) is 2.47. The molecule has 0 saturated carbocycles. The molecule has 0 aliphatic carbocycles. The molecule has 30 heavy (non-hydrogen) atoms. The van der Waals surface area contributed by atoms with E-state index in [9.17, 15) is 0 Å². The van der Waals surface area contributed by atoms with Gasteiger partial charge in [0.15, 0.2) is 0 Å². The van der Waals surface area contributed by atoms with Gasteiger partial charge < -0.3 is 18.6 Å². The lowest BCUT2D eigenvalue weighted by molar-refractivity contribution is 0.121. The predicted molar refractivity (Wildman–Crippen MR) is 126 cm³/mol. The molecule has 2 aromatic carbocycles. The molecule has 0 aromatic heterocycles. The Morgan fingerprint density at radius 1 is 0.900 bits per heavy atom. The van der Waals surface area contributed by atoms with Crippen molar-refractivity contribution in [3.63, 3.8) is 0 Å². The standard InChI is InChI=1S/C24H36N2O3Si/c1-5-22-12-14-24(15-13-22)21-26(17-9-19-30(27-2,28-3)29-4)18-16-25-20-23-10-7-6-8-11-23/h5-8,10-15,25H,1,9,16-21H2,2-4H3. The van der Waals surface area contributed by atoms with Crippen molar-refractivity contribution < 1.29 is 13.3 Å². The first-order valence-electron chi connectivity index (χ1n) is 10.5. The molecule has 0 fully saturated rings. The molecule has 2 aromatic rings. The van der Waals surface area contributed by atoms with Gasteiger partial charge in [-0.3, -0.25) is 4.90 Å². The van der Waals surface area contributed by atoms with Gasteiger partial charge in [-0.2, -0.15) is 0 Å². The van der Waals surface area contributed by atoms with Crippen LogP contribution in [-0.4, -0.2) is 54.7 Å². The average molecular weight is 429 g/mol. The fraction of sp³-hybridized carbons (Fsp3) is 0.417. The summed E-state index contributed by atoms with van der Waals surface area (Å²) in [5, 5.41) is 3.56. The monoisotopic (exact) mass is 428 g/mol. The quantitative estimate of drug-likeness (QED) is 0.340. The van der Waals surface area contributed by atoms with E-state index in [4.69, 9.17) is 13.3 Å². The molecule has 0 saturated heterocycles. The zero-order valence-electron chi connectivity index (χ0n) is 18.6. The van der Waals surface area contributed by atoms with Crippen molar-refractivity contribution in [3.8, 4) is 0 Å². The largest absolute Gasteiger partial charge is 0.500 e.